The summed E-state index contributed by atoms with van der Waals surface area (Å²) >= 11 is 1.47. The van der Waals surface area contributed by atoms with E-state index in [0.717, 1.165) is 23.1 Å². The standard InChI is InChI=1S/C21H22N2O4S2/c1-2-29(25,26)17-11-9-15(10-12-17)20(24)23(14-16-6-5-13-27-16)21-22-18-7-3-4-8-19(18)28-21/h3-4,7-12,16H,2,5-6,13-14H2,1H3. The maximum atomic E-state index is 13.3. The highest BCUT2D eigenvalue weighted by Crippen LogP contribution is 2.31. The Bertz CT molecular complexity index is 1080. The van der Waals surface area contributed by atoms with Gasteiger partial charge in [-0.1, -0.05) is 30.4 Å². The fraction of sp³-hybridized carbons (Fsp3) is 0.333. The Hall–Kier alpha value is -2.29. The number of carbonyl (C=O) groups excluding carboxylic acids is 1. The molecule has 1 unspecified atom stereocenters. The second-order valence-corrected chi connectivity index (χ2v) is 10.2. The Morgan fingerprint density at radius 1 is 1.21 bits per heavy atom. The molecule has 0 saturated carbocycles. The molecule has 0 N–H and O–H groups in total. The molecule has 3 aromatic rings. The van der Waals surface area contributed by atoms with E-state index < -0.39 is 9.84 Å². The third-order valence-electron chi connectivity index (χ3n) is 5.01. The number of nitrogens with zero attached hydrogens (tertiary/aromatic N) is 2. The fourth-order valence-electron chi connectivity index (χ4n) is 3.34. The largest absolute Gasteiger partial charge is 0.376 e. The Morgan fingerprint density at radius 2 is 1.97 bits per heavy atom. The van der Waals surface area contributed by atoms with Gasteiger partial charge in [-0.05, 0) is 49.2 Å². The number of sulfone groups is 1. The summed E-state index contributed by atoms with van der Waals surface area (Å²) in [5.74, 6) is -0.183. The number of aromatic nitrogens is 1. The van der Waals surface area contributed by atoms with Crippen molar-refractivity contribution in [2.75, 3.05) is 23.8 Å². The average molecular weight is 431 g/mol. The molecule has 2 aromatic carbocycles. The molecular formula is C21H22N2O4S2. The molecule has 8 heteroatoms. The van der Waals surface area contributed by atoms with Crippen molar-refractivity contribution in [3.05, 3.63) is 54.1 Å². The molecule has 1 aliphatic rings. The molecule has 1 aromatic heterocycles. The van der Waals surface area contributed by atoms with E-state index in [-0.39, 0.29) is 22.7 Å². The van der Waals surface area contributed by atoms with Crippen LogP contribution >= 0.6 is 11.3 Å². The molecule has 1 atom stereocenters. The van der Waals surface area contributed by atoms with Crippen molar-refractivity contribution in [3.63, 3.8) is 0 Å². The first kappa shape index (κ1) is 20.0. The second kappa shape index (κ2) is 8.22. The van der Waals surface area contributed by atoms with Gasteiger partial charge in [-0.25, -0.2) is 13.4 Å². The van der Waals surface area contributed by atoms with E-state index in [1.807, 2.05) is 24.3 Å². The van der Waals surface area contributed by atoms with E-state index in [1.165, 1.54) is 23.5 Å². The number of para-hydroxylation sites is 1. The van der Waals surface area contributed by atoms with Crippen molar-refractivity contribution in [1.29, 1.82) is 0 Å². The minimum Gasteiger partial charge on any atom is -0.376 e. The maximum absolute atomic E-state index is 13.3. The molecule has 29 heavy (non-hydrogen) atoms. The van der Waals surface area contributed by atoms with Crippen LogP contribution in [0.5, 0.6) is 0 Å². The molecule has 0 spiro atoms. The Kier molecular flexibility index (Phi) is 5.67. The SMILES string of the molecule is CCS(=O)(=O)c1ccc(C(=O)N(CC2CCCO2)c2nc3ccccc3s2)cc1. The molecule has 4 rings (SSSR count). The van der Waals surface area contributed by atoms with Crippen LogP contribution in [0.3, 0.4) is 0 Å². The summed E-state index contributed by atoms with van der Waals surface area (Å²) in [5.41, 5.74) is 1.28. The number of fused-ring (bicyclic) bond motifs is 1. The van der Waals surface area contributed by atoms with Crippen molar-refractivity contribution in [2.45, 2.75) is 30.8 Å². The van der Waals surface area contributed by atoms with Gasteiger partial charge < -0.3 is 4.74 Å². The van der Waals surface area contributed by atoms with E-state index in [9.17, 15) is 13.2 Å². The normalized spacial score (nSPS) is 16.9. The highest BCUT2D eigenvalue weighted by Gasteiger charge is 2.27. The number of rotatable bonds is 6. The summed E-state index contributed by atoms with van der Waals surface area (Å²) in [5, 5.41) is 0.622. The molecule has 1 amide bonds. The molecule has 0 radical (unpaired) electrons. The van der Waals surface area contributed by atoms with Crippen molar-refractivity contribution in [2.24, 2.45) is 0 Å². The molecule has 1 aliphatic heterocycles. The van der Waals surface area contributed by atoms with Gasteiger partial charge in [-0.15, -0.1) is 0 Å². The molecule has 2 heterocycles. The van der Waals surface area contributed by atoms with Crippen LogP contribution in [0.4, 0.5) is 5.13 Å². The molecule has 1 saturated heterocycles. The number of anilines is 1. The molecule has 0 bridgehead atoms. The van der Waals surface area contributed by atoms with Crippen molar-refractivity contribution < 1.29 is 17.9 Å². The predicted molar refractivity (Wildman–Crippen MR) is 114 cm³/mol. The summed E-state index contributed by atoms with van der Waals surface area (Å²) in [6.07, 6.45) is 1.86. The third kappa shape index (κ3) is 4.19. The van der Waals surface area contributed by atoms with Gasteiger partial charge in [0, 0.05) is 12.2 Å². The quantitative estimate of drug-likeness (QED) is 0.592. The van der Waals surface area contributed by atoms with Gasteiger partial charge in [0.25, 0.3) is 5.91 Å². The van der Waals surface area contributed by atoms with Crippen LogP contribution in [0.2, 0.25) is 0 Å². The first-order valence-corrected chi connectivity index (χ1v) is 12.1. The maximum Gasteiger partial charge on any atom is 0.260 e. The van der Waals surface area contributed by atoms with Gasteiger partial charge in [-0.2, -0.15) is 0 Å². The minimum atomic E-state index is -3.30. The van der Waals surface area contributed by atoms with Gasteiger partial charge in [0.15, 0.2) is 15.0 Å². The van der Waals surface area contributed by atoms with Gasteiger partial charge in [-0.3, -0.25) is 9.69 Å². The Labute approximate surface area is 174 Å². The second-order valence-electron chi connectivity index (χ2n) is 6.94. The number of thiazole rings is 1. The van der Waals surface area contributed by atoms with Crippen LogP contribution in [-0.2, 0) is 14.6 Å². The summed E-state index contributed by atoms with van der Waals surface area (Å²) in [7, 11) is -3.30. The Balaban J connectivity index is 1.67. The number of hydrogen-bond acceptors (Lipinski definition) is 6. The van der Waals surface area contributed by atoms with Crippen LogP contribution < -0.4 is 4.90 Å². The first-order valence-electron chi connectivity index (χ1n) is 9.60. The topological polar surface area (TPSA) is 76.6 Å². The number of benzene rings is 2. The molecule has 0 aliphatic carbocycles. The Morgan fingerprint density at radius 3 is 2.62 bits per heavy atom. The van der Waals surface area contributed by atoms with Crippen LogP contribution in [0.15, 0.2) is 53.4 Å². The van der Waals surface area contributed by atoms with E-state index in [4.69, 9.17) is 4.74 Å². The monoisotopic (exact) mass is 430 g/mol. The third-order valence-corrected chi connectivity index (χ3v) is 7.82. The smallest absolute Gasteiger partial charge is 0.260 e. The molecule has 1 fully saturated rings. The highest BCUT2D eigenvalue weighted by atomic mass is 32.2. The number of hydrogen-bond donors (Lipinski definition) is 0. The zero-order chi connectivity index (χ0) is 20.4. The summed E-state index contributed by atoms with van der Waals surface area (Å²) < 4.78 is 30.9. The average Bonchev–Trinajstić information content (AvgIpc) is 3.41. The van der Waals surface area contributed by atoms with E-state index >= 15 is 0 Å². The number of ether oxygens (including phenoxy) is 1. The summed E-state index contributed by atoms with van der Waals surface area (Å²) in [4.78, 5) is 19.9. The lowest BCUT2D eigenvalue weighted by Crippen LogP contribution is -2.37. The van der Waals surface area contributed by atoms with Gasteiger partial charge in [0.05, 0.1) is 33.5 Å². The fourth-order valence-corrected chi connectivity index (χ4v) is 5.20. The van der Waals surface area contributed by atoms with Crippen LogP contribution in [0.25, 0.3) is 10.2 Å². The van der Waals surface area contributed by atoms with E-state index in [2.05, 4.69) is 4.98 Å². The predicted octanol–water partition coefficient (Wildman–Crippen LogP) is 3.92. The lowest BCUT2D eigenvalue weighted by Gasteiger charge is -2.23. The summed E-state index contributed by atoms with van der Waals surface area (Å²) in [6, 6.07) is 13.9. The lowest BCUT2D eigenvalue weighted by molar-refractivity contribution is 0.0917. The highest BCUT2D eigenvalue weighted by molar-refractivity contribution is 7.91. The molecular weight excluding hydrogens is 408 g/mol. The molecule has 152 valence electrons. The van der Waals surface area contributed by atoms with Crippen molar-refractivity contribution in [1.82, 2.24) is 4.98 Å². The first-order chi connectivity index (χ1) is 14.0. The van der Waals surface area contributed by atoms with E-state index in [0.29, 0.717) is 23.8 Å². The number of amides is 1. The van der Waals surface area contributed by atoms with Crippen LogP contribution in [-0.4, -0.2) is 44.3 Å². The van der Waals surface area contributed by atoms with Crippen molar-refractivity contribution >= 4 is 42.4 Å². The van der Waals surface area contributed by atoms with Crippen LogP contribution in [0.1, 0.15) is 30.1 Å². The minimum absolute atomic E-state index is 0.0225. The van der Waals surface area contributed by atoms with E-state index in [1.54, 1.807) is 24.0 Å². The number of carbonyl (C=O) groups is 1. The summed E-state index contributed by atoms with van der Waals surface area (Å²) in [6.45, 7) is 2.73. The van der Waals surface area contributed by atoms with Crippen LogP contribution in [0, 0.1) is 0 Å². The lowest BCUT2D eigenvalue weighted by atomic mass is 10.2. The molecule has 6 nitrogen and oxygen atoms in total. The van der Waals surface area contributed by atoms with Gasteiger partial charge in [0.2, 0.25) is 0 Å². The zero-order valence-corrected chi connectivity index (χ0v) is 17.7. The zero-order valence-electron chi connectivity index (χ0n) is 16.1. The van der Waals surface area contributed by atoms with Crippen molar-refractivity contribution in [3.8, 4) is 0 Å². The van der Waals surface area contributed by atoms with Gasteiger partial charge >= 0.3 is 0 Å². The van der Waals surface area contributed by atoms with Gasteiger partial charge in [0.1, 0.15) is 0 Å².